The van der Waals surface area contributed by atoms with E-state index in [-0.39, 0.29) is 6.17 Å². The Kier molecular flexibility index (Phi) is 5.16. The standard InChI is InChI=1S/C20H26N2O3/c1-5-15-12-14(2)19(18(23)13-15)20-21(10-11-24-3)16-8-6-7-9-17(16)22(20)25-4/h6-9,12-13,20,23H,5,10-11H2,1-4H3. The summed E-state index contributed by atoms with van der Waals surface area (Å²) in [5.74, 6) is 0.305. The fourth-order valence-corrected chi connectivity index (χ4v) is 3.58. The predicted octanol–water partition coefficient (Wildman–Crippen LogP) is 3.80. The maximum absolute atomic E-state index is 10.8. The summed E-state index contributed by atoms with van der Waals surface area (Å²) in [4.78, 5) is 7.94. The Bertz CT molecular complexity index is 724. The fourth-order valence-electron chi connectivity index (χ4n) is 3.58. The lowest BCUT2D eigenvalue weighted by Crippen LogP contribution is -2.37. The van der Waals surface area contributed by atoms with E-state index in [0.717, 1.165) is 34.5 Å². The van der Waals surface area contributed by atoms with Crippen molar-refractivity contribution in [2.24, 2.45) is 0 Å². The van der Waals surface area contributed by atoms with Gasteiger partial charge in [-0.3, -0.25) is 4.84 Å². The van der Waals surface area contributed by atoms with Crippen molar-refractivity contribution in [2.75, 3.05) is 37.3 Å². The van der Waals surface area contributed by atoms with Gasteiger partial charge in [0.05, 0.1) is 25.1 Å². The van der Waals surface area contributed by atoms with E-state index < -0.39 is 0 Å². The summed E-state index contributed by atoms with van der Waals surface area (Å²) in [7, 11) is 3.36. The summed E-state index contributed by atoms with van der Waals surface area (Å²) in [5, 5.41) is 12.6. The van der Waals surface area contributed by atoms with Crippen molar-refractivity contribution in [2.45, 2.75) is 26.4 Å². The van der Waals surface area contributed by atoms with Gasteiger partial charge in [0.25, 0.3) is 0 Å². The van der Waals surface area contributed by atoms with Crippen LogP contribution in [0.4, 0.5) is 11.4 Å². The zero-order valence-electron chi connectivity index (χ0n) is 15.3. The Morgan fingerprint density at radius 2 is 1.84 bits per heavy atom. The molecule has 0 spiro atoms. The van der Waals surface area contributed by atoms with Gasteiger partial charge in [-0.1, -0.05) is 25.1 Å². The summed E-state index contributed by atoms with van der Waals surface area (Å²) in [6.45, 7) is 5.42. The molecule has 0 fully saturated rings. The molecule has 0 aliphatic carbocycles. The lowest BCUT2D eigenvalue weighted by molar-refractivity contribution is 0.139. The molecule has 2 aromatic carbocycles. The SMILES string of the molecule is CCc1cc(C)c(C2N(CCOC)c3ccccc3N2OC)c(O)c1. The van der Waals surface area contributed by atoms with Crippen molar-refractivity contribution in [1.29, 1.82) is 0 Å². The van der Waals surface area contributed by atoms with Crippen LogP contribution in [0.2, 0.25) is 0 Å². The van der Waals surface area contributed by atoms with Crippen LogP contribution in [0, 0.1) is 6.92 Å². The number of benzene rings is 2. The van der Waals surface area contributed by atoms with Crippen LogP contribution in [0.5, 0.6) is 5.75 Å². The minimum atomic E-state index is -0.233. The second-order valence-corrected chi connectivity index (χ2v) is 6.26. The van der Waals surface area contributed by atoms with Crippen LogP contribution in [0.1, 0.15) is 29.8 Å². The first-order valence-electron chi connectivity index (χ1n) is 8.62. The molecule has 0 saturated heterocycles. The van der Waals surface area contributed by atoms with Crippen LogP contribution in [0.3, 0.4) is 0 Å². The Balaban J connectivity index is 2.12. The molecular formula is C20H26N2O3. The van der Waals surface area contributed by atoms with Crippen molar-refractivity contribution in [3.8, 4) is 5.75 Å². The molecular weight excluding hydrogens is 316 g/mol. The number of rotatable bonds is 6. The van der Waals surface area contributed by atoms with Gasteiger partial charge >= 0.3 is 0 Å². The summed E-state index contributed by atoms with van der Waals surface area (Å²) in [6.07, 6.45) is 0.657. The number of hydroxylamine groups is 1. The smallest absolute Gasteiger partial charge is 0.157 e. The number of para-hydroxylation sites is 2. The molecule has 25 heavy (non-hydrogen) atoms. The van der Waals surface area contributed by atoms with Gasteiger partial charge in [-0.15, -0.1) is 0 Å². The third kappa shape index (κ3) is 3.05. The molecule has 1 heterocycles. The van der Waals surface area contributed by atoms with E-state index in [1.165, 1.54) is 0 Å². The van der Waals surface area contributed by atoms with Gasteiger partial charge in [-0.25, -0.2) is 5.06 Å². The number of anilines is 2. The molecule has 0 bridgehead atoms. The lowest BCUT2D eigenvalue weighted by atomic mass is 9.99. The molecule has 0 amide bonds. The molecule has 0 radical (unpaired) electrons. The van der Waals surface area contributed by atoms with Crippen molar-refractivity contribution in [3.63, 3.8) is 0 Å². The number of methoxy groups -OCH3 is 1. The topological polar surface area (TPSA) is 45.2 Å². The van der Waals surface area contributed by atoms with Gasteiger partial charge < -0.3 is 14.7 Å². The molecule has 5 heteroatoms. The fraction of sp³-hybridized carbons (Fsp3) is 0.400. The van der Waals surface area contributed by atoms with Crippen LogP contribution < -0.4 is 9.96 Å². The van der Waals surface area contributed by atoms with Gasteiger partial charge in [0.1, 0.15) is 5.75 Å². The number of phenolic OH excluding ortho intramolecular Hbond substituents is 1. The van der Waals surface area contributed by atoms with Crippen molar-refractivity contribution < 1.29 is 14.7 Å². The highest BCUT2D eigenvalue weighted by Crippen LogP contribution is 2.48. The van der Waals surface area contributed by atoms with Crippen LogP contribution in [0.15, 0.2) is 36.4 Å². The van der Waals surface area contributed by atoms with Gasteiger partial charge in [-0.05, 0) is 42.7 Å². The predicted molar refractivity (Wildman–Crippen MR) is 100 cm³/mol. The minimum absolute atomic E-state index is 0.233. The largest absolute Gasteiger partial charge is 0.507 e. The summed E-state index contributed by atoms with van der Waals surface area (Å²) in [6, 6.07) is 12.1. The summed E-state index contributed by atoms with van der Waals surface area (Å²) in [5.41, 5.74) is 5.11. The monoisotopic (exact) mass is 342 g/mol. The van der Waals surface area contributed by atoms with Gasteiger partial charge in [-0.2, -0.15) is 0 Å². The molecule has 1 unspecified atom stereocenters. The molecule has 1 N–H and O–H groups in total. The highest BCUT2D eigenvalue weighted by Gasteiger charge is 2.39. The number of hydrogen-bond acceptors (Lipinski definition) is 5. The Labute approximate surface area is 149 Å². The molecule has 1 aliphatic rings. The number of aryl methyl sites for hydroxylation is 2. The minimum Gasteiger partial charge on any atom is -0.507 e. The number of ether oxygens (including phenoxy) is 1. The molecule has 1 atom stereocenters. The Morgan fingerprint density at radius 1 is 1.12 bits per heavy atom. The normalized spacial score (nSPS) is 16.4. The average Bonchev–Trinajstić information content (AvgIpc) is 2.92. The van der Waals surface area contributed by atoms with Crippen molar-refractivity contribution in [1.82, 2.24) is 0 Å². The van der Waals surface area contributed by atoms with E-state index in [1.54, 1.807) is 14.2 Å². The van der Waals surface area contributed by atoms with Gasteiger partial charge in [0.15, 0.2) is 6.17 Å². The van der Waals surface area contributed by atoms with E-state index in [0.29, 0.717) is 18.9 Å². The molecule has 2 aromatic rings. The van der Waals surface area contributed by atoms with E-state index in [1.807, 2.05) is 36.3 Å². The number of hydrogen-bond donors (Lipinski definition) is 1. The van der Waals surface area contributed by atoms with Crippen LogP contribution in [0.25, 0.3) is 0 Å². The molecule has 1 aliphatic heterocycles. The number of phenols is 1. The third-order valence-electron chi connectivity index (χ3n) is 4.77. The van der Waals surface area contributed by atoms with Crippen molar-refractivity contribution in [3.05, 3.63) is 53.1 Å². The van der Waals surface area contributed by atoms with Crippen LogP contribution >= 0.6 is 0 Å². The second-order valence-electron chi connectivity index (χ2n) is 6.26. The first-order valence-corrected chi connectivity index (χ1v) is 8.62. The zero-order valence-corrected chi connectivity index (χ0v) is 15.3. The first kappa shape index (κ1) is 17.6. The van der Waals surface area contributed by atoms with Crippen LogP contribution in [-0.4, -0.2) is 32.5 Å². The number of aromatic hydroxyl groups is 1. The van der Waals surface area contributed by atoms with Crippen LogP contribution in [-0.2, 0) is 16.0 Å². The van der Waals surface area contributed by atoms with Gasteiger partial charge in [0.2, 0.25) is 0 Å². The summed E-state index contributed by atoms with van der Waals surface area (Å²) < 4.78 is 5.31. The first-order chi connectivity index (χ1) is 12.1. The summed E-state index contributed by atoms with van der Waals surface area (Å²) >= 11 is 0. The van der Waals surface area contributed by atoms with E-state index in [9.17, 15) is 5.11 Å². The molecule has 0 saturated carbocycles. The third-order valence-corrected chi connectivity index (χ3v) is 4.77. The highest BCUT2D eigenvalue weighted by molar-refractivity contribution is 5.77. The highest BCUT2D eigenvalue weighted by atomic mass is 16.7. The Morgan fingerprint density at radius 3 is 2.44 bits per heavy atom. The molecule has 3 rings (SSSR count). The average molecular weight is 342 g/mol. The number of fused-ring (bicyclic) bond motifs is 1. The van der Waals surface area contributed by atoms with Crippen molar-refractivity contribution >= 4 is 11.4 Å². The quantitative estimate of drug-likeness (QED) is 0.865. The van der Waals surface area contributed by atoms with Gasteiger partial charge in [0, 0.05) is 19.2 Å². The second kappa shape index (κ2) is 7.33. The van der Waals surface area contributed by atoms with E-state index in [4.69, 9.17) is 9.57 Å². The lowest BCUT2D eigenvalue weighted by Gasteiger charge is -2.33. The zero-order chi connectivity index (χ0) is 18.0. The molecule has 0 aromatic heterocycles. The molecule has 134 valence electrons. The maximum Gasteiger partial charge on any atom is 0.157 e. The molecule has 5 nitrogen and oxygen atoms in total. The maximum atomic E-state index is 10.8. The Hall–Kier alpha value is -2.24. The van der Waals surface area contributed by atoms with E-state index in [2.05, 4.69) is 24.0 Å². The van der Waals surface area contributed by atoms with E-state index >= 15 is 0 Å². The number of nitrogens with zero attached hydrogens (tertiary/aromatic N) is 2.